The summed E-state index contributed by atoms with van der Waals surface area (Å²) in [5, 5.41) is 0. The monoisotopic (exact) mass is 194 g/mol. The maximum absolute atomic E-state index is 5.60. The normalized spacial score (nSPS) is 21.2. The van der Waals surface area contributed by atoms with Gasteiger partial charge in [0.1, 0.15) is 5.66 Å². The van der Waals surface area contributed by atoms with Crippen LogP contribution in [0.5, 0.6) is 0 Å². The second kappa shape index (κ2) is 3.44. The lowest BCUT2D eigenvalue weighted by Crippen LogP contribution is -2.47. The quantitative estimate of drug-likeness (QED) is 0.632. The summed E-state index contributed by atoms with van der Waals surface area (Å²) in [6, 6.07) is 1.92. The molecule has 0 bridgehead atoms. The van der Waals surface area contributed by atoms with Crippen molar-refractivity contribution in [2.45, 2.75) is 20.8 Å². The van der Waals surface area contributed by atoms with Gasteiger partial charge in [-0.1, -0.05) is 13.8 Å². The molecule has 4 heteroatoms. The lowest BCUT2D eigenvalue weighted by molar-refractivity contribution is 0.0325. The van der Waals surface area contributed by atoms with E-state index < -0.39 is 0 Å². The van der Waals surface area contributed by atoms with E-state index in [1.165, 1.54) is 0 Å². The Morgan fingerprint density at radius 3 is 2.43 bits per heavy atom. The van der Waals surface area contributed by atoms with Crippen molar-refractivity contribution in [3.05, 3.63) is 17.9 Å². The molecule has 0 aromatic carbocycles. The van der Waals surface area contributed by atoms with Crippen LogP contribution in [-0.2, 0) is 9.31 Å². The van der Waals surface area contributed by atoms with E-state index in [2.05, 4.69) is 13.8 Å². The maximum atomic E-state index is 5.60. The standard InChI is InChI=1S/C10H15BO3/c1-8-4-5-12-9(8)11-13-6-10(2,3)7-14-11/h4-5H,6-7H2,1-3H3. The molecular formula is C10H15BO3. The highest BCUT2D eigenvalue weighted by molar-refractivity contribution is 6.60. The third-order valence-corrected chi connectivity index (χ3v) is 2.37. The fourth-order valence-electron chi connectivity index (χ4n) is 1.47. The molecule has 76 valence electrons. The topological polar surface area (TPSA) is 31.6 Å². The van der Waals surface area contributed by atoms with Crippen molar-refractivity contribution < 1.29 is 13.7 Å². The molecule has 1 aromatic rings. The molecule has 2 rings (SSSR count). The van der Waals surface area contributed by atoms with E-state index in [1.54, 1.807) is 6.26 Å². The molecule has 0 unspecified atom stereocenters. The van der Waals surface area contributed by atoms with E-state index in [0.717, 1.165) is 11.2 Å². The molecule has 0 amide bonds. The molecule has 1 saturated heterocycles. The molecule has 1 aliphatic rings. The summed E-state index contributed by atoms with van der Waals surface area (Å²) in [5.41, 5.74) is 1.98. The zero-order valence-corrected chi connectivity index (χ0v) is 8.87. The van der Waals surface area contributed by atoms with Crippen molar-refractivity contribution in [1.29, 1.82) is 0 Å². The largest absolute Gasteiger partial charge is 0.532 e. The number of rotatable bonds is 1. The lowest BCUT2D eigenvalue weighted by Gasteiger charge is -2.32. The third-order valence-electron chi connectivity index (χ3n) is 2.37. The predicted molar refractivity (Wildman–Crippen MR) is 54.5 cm³/mol. The molecule has 1 aliphatic heterocycles. The molecule has 3 nitrogen and oxygen atoms in total. The molecule has 0 spiro atoms. The smallest absolute Gasteiger partial charge is 0.473 e. The zero-order valence-electron chi connectivity index (χ0n) is 8.87. The van der Waals surface area contributed by atoms with Gasteiger partial charge in [0, 0.05) is 18.6 Å². The predicted octanol–water partition coefficient (Wildman–Crippen LogP) is 1.36. The van der Waals surface area contributed by atoms with E-state index in [4.69, 9.17) is 13.7 Å². The number of hydrogen-bond acceptors (Lipinski definition) is 3. The molecule has 2 heterocycles. The first-order valence-corrected chi connectivity index (χ1v) is 4.86. The Morgan fingerprint density at radius 2 is 1.93 bits per heavy atom. The van der Waals surface area contributed by atoms with E-state index >= 15 is 0 Å². The Balaban J connectivity index is 2.06. The first-order valence-electron chi connectivity index (χ1n) is 4.86. The SMILES string of the molecule is Cc1ccoc1B1OCC(C)(C)CO1. The Morgan fingerprint density at radius 1 is 1.29 bits per heavy atom. The van der Waals surface area contributed by atoms with Gasteiger partial charge >= 0.3 is 7.12 Å². The van der Waals surface area contributed by atoms with Gasteiger partial charge in [-0.3, -0.25) is 0 Å². The lowest BCUT2D eigenvalue weighted by atomic mass is 9.79. The van der Waals surface area contributed by atoms with Gasteiger partial charge in [-0.25, -0.2) is 0 Å². The van der Waals surface area contributed by atoms with Crippen LogP contribution in [0.2, 0.25) is 0 Å². The molecule has 0 aliphatic carbocycles. The fraction of sp³-hybridized carbons (Fsp3) is 0.600. The summed E-state index contributed by atoms with van der Waals surface area (Å²) < 4.78 is 16.5. The molecule has 0 saturated carbocycles. The Kier molecular flexibility index (Phi) is 2.41. The van der Waals surface area contributed by atoms with Crippen LogP contribution in [0.25, 0.3) is 0 Å². The van der Waals surface area contributed by atoms with E-state index in [9.17, 15) is 0 Å². The van der Waals surface area contributed by atoms with Crippen LogP contribution in [0.3, 0.4) is 0 Å². The summed E-state index contributed by atoms with van der Waals surface area (Å²) in [6.07, 6.45) is 1.66. The summed E-state index contributed by atoms with van der Waals surface area (Å²) in [5.74, 6) is 0. The molecular weight excluding hydrogens is 179 g/mol. The highest BCUT2D eigenvalue weighted by Crippen LogP contribution is 2.21. The molecule has 0 radical (unpaired) electrons. The molecule has 1 fully saturated rings. The van der Waals surface area contributed by atoms with Crippen molar-refractivity contribution in [3.8, 4) is 0 Å². The van der Waals surface area contributed by atoms with Gasteiger partial charge in [-0.2, -0.15) is 0 Å². The van der Waals surface area contributed by atoms with Crippen LogP contribution in [0, 0.1) is 12.3 Å². The fourth-order valence-corrected chi connectivity index (χ4v) is 1.47. The summed E-state index contributed by atoms with van der Waals surface area (Å²) in [7, 11) is -0.321. The number of furan rings is 1. The van der Waals surface area contributed by atoms with Crippen molar-refractivity contribution in [2.75, 3.05) is 13.2 Å². The number of hydrogen-bond donors (Lipinski definition) is 0. The first-order chi connectivity index (χ1) is 6.58. The van der Waals surface area contributed by atoms with E-state index in [-0.39, 0.29) is 12.5 Å². The zero-order chi connectivity index (χ0) is 10.2. The van der Waals surface area contributed by atoms with Gasteiger partial charge in [0.15, 0.2) is 0 Å². The van der Waals surface area contributed by atoms with Crippen LogP contribution >= 0.6 is 0 Å². The van der Waals surface area contributed by atoms with Crippen molar-refractivity contribution in [1.82, 2.24) is 0 Å². The highest BCUT2D eigenvalue weighted by Gasteiger charge is 2.36. The van der Waals surface area contributed by atoms with Gasteiger partial charge in [-0.05, 0) is 18.6 Å². The third kappa shape index (κ3) is 1.86. The van der Waals surface area contributed by atoms with Crippen LogP contribution in [0.4, 0.5) is 0 Å². The Bertz CT molecular complexity index is 309. The molecule has 0 N–H and O–H groups in total. The minimum atomic E-state index is -0.321. The van der Waals surface area contributed by atoms with Crippen LogP contribution < -0.4 is 5.66 Å². The van der Waals surface area contributed by atoms with Crippen LogP contribution in [0.15, 0.2) is 16.7 Å². The average molecular weight is 194 g/mol. The molecule has 14 heavy (non-hydrogen) atoms. The second-order valence-corrected chi connectivity index (χ2v) is 4.59. The van der Waals surface area contributed by atoms with Crippen molar-refractivity contribution >= 4 is 12.8 Å². The number of aryl methyl sites for hydroxylation is 1. The highest BCUT2D eigenvalue weighted by atomic mass is 16.6. The minimum Gasteiger partial charge on any atom is -0.473 e. The summed E-state index contributed by atoms with van der Waals surface area (Å²) >= 11 is 0. The van der Waals surface area contributed by atoms with Crippen molar-refractivity contribution in [2.24, 2.45) is 5.41 Å². The van der Waals surface area contributed by atoms with Crippen LogP contribution in [-0.4, -0.2) is 20.3 Å². The summed E-state index contributed by atoms with van der Waals surface area (Å²) in [6.45, 7) is 7.65. The summed E-state index contributed by atoms with van der Waals surface area (Å²) in [4.78, 5) is 0. The van der Waals surface area contributed by atoms with Crippen LogP contribution in [0.1, 0.15) is 19.4 Å². The van der Waals surface area contributed by atoms with Gasteiger partial charge in [0.25, 0.3) is 0 Å². The maximum Gasteiger partial charge on any atom is 0.532 e. The van der Waals surface area contributed by atoms with Gasteiger partial charge in [0.2, 0.25) is 0 Å². The minimum absolute atomic E-state index is 0.108. The average Bonchev–Trinajstić information content (AvgIpc) is 2.52. The second-order valence-electron chi connectivity index (χ2n) is 4.59. The van der Waals surface area contributed by atoms with E-state index in [0.29, 0.717) is 13.2 Å². The Labute approximate surface area is 84.5 Å². The van der Waals surface area contributed by atoms with Gasteiger partial charge < -0.3 is 13.7 Å². The van der Waals surface area contributed by atoms with Crippen molar-refractivity contribution in [3.63, 3.8) is 0 Å². The molecule has 0 atom stereocenters. The molecule has 1 aromatic heterocycles. The van der Waals surface area contributed by atoms with E-state index in [1.807, 2.05) is 13.0 Å². The van der Waals surface area contributed by atoms with Gasteiger partial charge in [0.05, 0.1) is 6.26 Å². The van der Waals surface area contributed by atoms with Gasteiger partial charge in [-0.15, -0.1) is 0 Å². The first kappa shape index (κ1) is 9.81. The Hall–Kier alpha value is -0.735.